The fourth-order valence-corrected chi connectivity index (χ4v) is 2.04. The zero-order valence-corrected chi connectivity index (χ0v) is 12.6. The van der Waals surface area contributed by atoms with Crippen molar-refractivity contribution >= 4 is 5.91 Å². The summed E-state index contributed by atoms with van der Waals surface area (Å²) >= 11 is 0. The topological polar surface area (TPSA) is 58.6 Å². The normalized spacial score (nSPS) is 13.6. The molecule has 0 aromatic heterocycles. The van der Waals surface area contributed by atoms with Crippen LogP contribution in [0.15, 0.2) is 24.3 Å². The van der Waals surface area contributed by atoms with E-state index in [1.807, 2.05) is 38.1 Å². The summed E-state index contributed by atoms with van der Waals surface area (Å²) in [5.41, 5.74) is 1.10. The molecule has 0 spiro atoms. The third kappa shape index (κ3) is 5.61. The van der Waals surface area contributed by atoms with E-state index >= 15 is 0 Å². The summed E-state index contributed by atoms with van der Waals surface area (Å²) in [6.07, 6.45) is 1.86. The Morgan fingerprint density at radius 2 is 2.00 bits per heavy atom. The lowest BCUT2D eigenvalue weighted by Crippen LogP contribution is -2.36. The van der Waals surface area contributed by atoms with Gasteiger partial charge in [0.1, 0.15) is 5.75 Å². The number of methoxy groups -OCH3 is 1. The number of amides is 1. The highest BCUT2D eigenvalue weighted by Gasteiger charge is 2.14. The Morgan fingerprint density at radius 1 is 1.35 bits per heavy atom. The zero-order chi connectivity index (χ0) is 15.0. The molecule has 0 radical (unpaired) electrons. The number of carbonyl (C=O) groups is 1. The molecular weight excluding hydrogens is 254 g/mol. The molecule has 1 rings (SSSR count). The Bertz CT molecular complexity index is 403. The maximum Gasteiger partial charge on any atom is 0.223 e. The van der Waals surface area contributed by atoms with E-state index in [0.717, 1.165) is 17.7 Å². The number of ether oxygens (including phenoxy) is 1. The second-order valence-corrected chi connectivity index (χ2v) is 5.14. The van der Waals surface area contributed by atoms with Crippen LogP contribution in [0.4, 0.5) is 0 Å². The first-order valence-electron chi connectivity index (χ1n) is 7.15. The highest BCUT2D eigenvalue weighted by atomic mass is 16.5. The third-order valence-electron chi connectivity index (χ3n) is 3.28. The number of hydrogen-bond acceptors (Lipinski definition) is 3. The molecule has 0 aliphatic rings. The first-order valence-corrected chi connectivity index (χ1v) is 7.15. The maximum atomic E-state index is 11.9. The van der Waals surface area contributed by atoms with Gasteiger partial charge in [-0.05, 0) is 30.5 Å². The van der Waals surface area contributed by atoms with Crippen LogP contribution in [0.25, 0.3) is 0 Å². The van der Waals surface area contributed by atoms with Gasteiger partial charge in [0, 0.05) is 12.5 Å². The van der Waals surface area contributed by atoms with E-state index in [9.17, 15) is 9.90 Å². The third-order valence-corrected chi connectivity index (χ3v) is 3.28. The van der Waals surface area contributed by atoms with Crippen LogP contribution in [-0.4, -0.2) is 30.8 Å². The van der Waals surface area contributed by atoms with E-state index < -0.39 is 6.10 Å². The molecule has 0 fully saturated rings. The minimum Gasteiger partial charge on any atom is -0.497 e. The van der Waals surface area contributed by atoms with E-state index in [1.54, 1.807) is 7.11 Å². The number of nitrogens with one attached hydrogen (secondary N) is 1. The van der Waals surface area contributed by atoms with Crippen molar-refractivity contribution in [2.24, 2.45) is 5.92 Å². The Balaban J connectivity index is 2.40. The molecule has 1 amide bonds. The van der Waals surface area contributed by atoms with Gasteiger partial charge in [-0.1, -0.05) is 32.4 Å². The molecule has 112 valence electrons. The van der Waals surface area contributed by atoms with Gasteiger partial charge in [0.25, 0.3) is 0 Å². The van der Waals surface area contributed by atoms with Crippen molar-refractivity contribution in [3.05, 3.63) is 29.8 Å². The van der Waals surface area contributed by atoms with Crippen molar-refractivity contribution in [2.75, 3.05) is 13.7 Å². The minimum absolute atomic E-state index is 0.0176. The van der Waals surface area contributed by atoms with Crippen molar-refractivity contribution in [2.45, 2.75) is 39.2 Å². The van der Waals surface area contributed by atoms with Crippen molar-refractivity contribution < 1.29 is 14.6 Å². The number of benzene rings is 1. The summed E-state index contributed by atoms with van der Waals surface area (Å²) in [5, 5.41) is 12.4. The molecule has 2 unspecified atom stereocenters. The molecule has 0 saturated heterocycles. The molecule has 0 bridgehead atoms. The summed E-state index contributed by atoms with van der Waals surface area (Å²) in [5.74, 6) is 0.682. The Labute approximate surface area is 121 Å². The van der Waals surface area contributed by atoms with Gasteiger partial charge in [-0.2, -0.15) is 0 Å². The van der Waals surface area contributed by atoms with Gasteiger partial charge in [0.2, 0.25) is 5.91 Å². The van der Waals surface area contributed by atoms with E-state index in [4.69, 9.17) is 4.74 Å². The van der Waals surface area contributed by atoms with Crippen LogP contribution >= 0.6 is 0 Å². The quantitative estimate of drug-likeness (QED) is 0.766. The van der Waals surface area contributed by atoms with Gasteiger partial charge < -0.3 is 15.2 Å². The molecule has 2 N–H and O–H groups in total. The van der Waals surface area contributed by atoms with Gasteiger partial charge in [-0.25, -0.2) is 0 Å². The Morgan fingerprint density at radius 3 is 2.55 bits per heavy atom. The molecule has 0 heterocycles. The Hall–Kier alpha value is -1.55. The molecule has 0 aliphatic carbocycles. The fraction of sp³-hybridized carbons (Fsp3) is 0.562. The van der Waals surface area contributed by atoms with Crippen molar-refractivity contribution in [1.29, 1.82) is 0 Å². The minimum atomic E-state index is -0.447. The molecule has 4 nitrogen and oxygen atoms in total. The summed E-state index contributed by atoms with van der Waals surface area (Å²) in [7, 11) is 1.63. The van der Waals surface area contributed by atoms with Crippen LogP contribution < -0.4 is 10.1 Å². The SMILES string of the molecule is CCCC(O)CNC(=O)C(C)Cc1ccc(OC)cc1. The number of carbonyl (C=O) groups excluding carboxylic acids is 1. The lowest BCUT2D eigenvalue weighted by atomic mass is 10.00. The Kier molecular flexibility index (Phi) is 7.09. The highest BCUT2D eigenvalue weighted by molar-refractivity contribution is 5.78. The number of aliphatic hydroxyl groups excluding tert-OH is 1. The largest absolute Gasteiger partial charge is 0.497 e. The van der Waals surface area contributed by atoms with Crippen LogP contribution in [0, 0.1) is 5.92 Å². The van der Waals surface area contributed by atoms with Gasteiger partial charge >= 0.3 is 0 Å². The number of aliphatic hydroxyl groups is 1. The second-order valence-electron chi connectivity index (χ2n) is 5.14. The number of hydrogen-bond donors (Lipinski definition) is 2. The monoisotopic (exact) mass is 279 g/mol. The highest BCUT2D eigenvalue weighted by Crippen LogP contribution is 2.14. The number of rotatable bonds is 8. The van der Waals surface area contributed by atoms with Gasteiger partial charge in [0.05, 0.1) is 13.2 Å². The average molecular weight is 279 g/mol. The maximum absolute atomic E-state index is 11.9. The molecule has 1 aromatic rings. The lowest BCUT2D eigenvalue weighted by molar-refractivity contribution is -0.124. The van der Waals surface area contributed by atoms with Crippen LogP contribution in [0.2, 0.25) is 0 Å². The fourth-order valence-electron chi connectivity index (χ4n) is 2.04. The van der Waals surface area contributed by atoms with Crippen LogP contribution in [0.3, 0.4) is 0 Å². The van der Waals surface area contributed by atoms with E-state index in [0.29, 0.717) is 19.4 Å². The van der Waals surface area contributed by atoms with Crippen molar-refractivity contribution in [3.8, 4) is 5.75 Å². The molecule has 1 aromatic carbocycles. The van der Waals surface area contributed by atoms with Gasteiger partial charge in [0.15, 0.2) is 0 Å². The average Bonchev–Trinajstić information content (AvgIpc) is 2.45. The molecule has 2 atom stereocenters. The van der Waals surface area contributed by atoms with Crippen molar-refractivity contribution in [3.63, 3.8) is 0 Å². The molecule has 0 saturated carbocycles. The van der Waals surface area contributed by atoms with Crippen LogP contribution in [0.5, 0.6) is 5.75 Å². The first kappa shape index (κ1) is 16.5. The predicted molar refractivity (Wildman–Crippen MR) is 79.8 cm³/mol. The van der Waals surface area contributed by atoms with Gasteiger partial charge in [-0.3, -0.25) is 4.79 Å². The van der Waals surface area contributed by atoms with E-state index in [-0.39, 0.29) is 11.8 Å². The van der Waals surface area contributed by atoms with Crippen LogP contribution in [-0.2, 0) is 11.2 Å². The lowest BCUT2D eigenvalue weighted by Gasteiger charge is -2.15. The van der Waals surface area contributed by atoms with Gasteiger partial charge in [-0.15, -0.1) is 0 Å². The smallest absolute Gasteiger partial charge is 0.223 e. The zero-order valence-electron chi connectivity index (χ0n) is 12.6. The molecule has 0 aliphatic heterocycles. The summed E-state index contributed by atoms with van der Waals surface area (Å²) in [6.45, 7) is 4.24. The van der Waals surface area contributed by atoms with Crippen LogP contribution in [0.1, 0.15) is 32.3 Å². The molecule has 20 heavy (non-hydrogen) atoms. The predicted octanol–water partition coefficient (Wildman–Crippen LogP) is 2.15. The summed E-state index contributed by atoms with van der Waals surface area (Å²) in [4.78, 5) is 11.9. The molecule has 4 heteroatoms. The second kappa shape index (κ2) is 8.59. The van der Waals surface area contributed by atoms with Crippen molar-refractivity contribution in [1.82, 2.24) is 5.32 Å². The summed E-state index contributed by atoms with van der Waals surface area (Å²) in [6, 6.07) is 7.72. The van der Waals surface area contributed by atoms with E-state index in [2.05, 4.69) is 5.32 Å². The molecular formula is C16H25NO3. The van der Waals surface area contributed by atoms with E-state index in [1.165, 1.54) is 0 Å². The standard InChI is InChI=1S/C16H25NO3/c1-4-5-14(18)11-17-16(19)12(2)10-13-6-8-15(20-3)9-7-13/h6-9,12,14,18H,4-5,10-11H2,1-3H3,(H,17,19). The summed E-state index contributed by atoms with van der Waals surface area (Å²) < 4.78 is 5.10. The first-order chi connectivity index (χ1) is 9.56.